The van der Waals surface area contributed by atoms with Gasteiger partial charge in [0, 0.05) is 11.3 Å². The minimum Gasteiger partial charge on any atom is -0.454 e. The van der Waals surface area contributed by atoms with Gasteiger partial charge in [0.25, 0.3) is 0 Å². The average molecular weight is 369 g/mol. The third kappa shape index (κ3) is 3.39. The van der Waals surface area contributed by atoms with Crippen molar-refractivity contribution in [2.24, 2.45) is 11.3 Å². The Morgan fingerprint density at radius 1 is 1.08 bits per heavy atom. The van der Waals surface area contributed by atoms with Crippen LogP contribution in [-0.4, -0.2) is 10.9 Å². The quantitative estimate of drug-likeness (QED) is 0.585. The molecule has 128 valence electrons. The highest BCUT2D eigenvalue weighted by Crippen LogP contribution is 2.68. The number of hydrogen-bond donors (Lipinski definition) is 0. The second kappa shape index (κ2) is 6.55. The first-order valence-electron chi connectivity index (χ1n) is 7.79. The third-order valence-electron chi connectivity index (χ3n) is 4.60. The van der Waals surface area contributed by atoms with E-state index in [1.54, 1.807) is 24.3 Å². The fraction of sp³-hybridized carbons (Fsp3) is 0.368. The Labute approximate surface area is 151 Å². The van der Waals surface area contributed by atoms with E-state index in [0.717, 1.165) is 5.56 Å². The first kappa shape index (κ1) is 17.5. The van der Waals surface area contributed by atoms with Gasteiger partial charge in [-0.05, 0) is 29.8 Å². The molecule has 1 aliphatic rings. The molecule has 2 aromatic rings. The summed E-state index contributed by atoms with van der Waals surface area (Å²) >= 11 is 12.5. The molecule has 5 heteroatoms. The average Bonchev–Trinajstić information content (AvgIpc) is 2.93. The smallest absolute Gasteiger partial charge is 0.165 e. The van der Waals surface area contributed by atoms with E-state index in [4.69, 9.17) is 32.7 Å². The number of benzene rings is 2. The van der Waals surface area contributed by atoms with Gasteiger partial charge in [-0.15, -0.1) is 23.2 Å². The molecule has 0 bridgehead atoms. The summed E-state index contributed by atoms with van der Waals surface area (Å²) in [5.74, 6) is 0.446. The van der Waals surface area contributed by atoms with Crippen LogP contribution in [0.4, 0.5) is 4.39 Å². The van der Waals surface area contributed by atoms with E-state index < -0.39 is 10.2 Å². The molecule has 24 heavy (non-hydrogen) atoms. The summed E-state index contributed by atoms with van der Waals surface area (Å²) in [6, 6.07) is 13.8. The van der Waals surface area contributed by atoms with Crippen LogP contribution in [0.2, 0.25) is 0 Å². The fourth-order valence-corrected chi connectivity index (χ4v) is 3.52. The zero-order chi connectivity index (χ0) is 17.4. The van der Waals surface area contributed by atoms with Crippen molar-refractivity contribution in [3.8, 4) is 11.5 Å². The van der Waals surface area contributed by atoms with Gasteiger partial charge in [0.15, 0.2) is 11.6 Å². The monoisotopic (exact) mass is 368 g/mol. The number of alkyl halides is 2. The van der Waals surface area contributed by atoms with Gasteiger partial charge < -0.3 is 9.47 Å². The van der Waals surface area contributed by atoms with Crippen LogP contribution in [0.3, 0.4) is 0 Å². The van der Waals surface area contributed by atoms with Crippen LogP contribution in [0.5, 0.6) is 11.5 Å². The molecule has 0 heterocycles. The predicted octanol–water partition coefficient (Wildman–Crippen LogP) is 5.96. The first-order chi connectivity index (χ1) is 11.3. The molecule has 0 radical (unpaired) electrons. The highest BCUT2D eigenvalue weighted by atomic mass is 35.5. The van der Waals surface area contributed by atoms with Crippen molar-refractivity contribution in [2.45, 2.75) is 24.8 Å². The molecular weight excluding hydrogens is 350 g/mol. The minimum atomic E-state index is -0.739. The lowest BCUT2D eigenvalue weighted by Crippen LogP contribution is -2.02. The van der Waals surface area contributed by atoms with Crippen molar-refractivity contribution < 1.29 is 13.9 Å². The second-order valence-electron chi connectivity index (χ2n) is 6.59. The van der Waals surface area contributed by atoms with Gasteiger partial charge in [0.2, 0.25) is 0 Å². The second-order valence-corrected chi connectivity index (χ2v) is 7.98. The summed E-state index contributed by atoms with van der Waals surface area (Å²) in [6.07, 6.45) is 0. The Bertz CT molecular complexity index is 703. The highest BCUT2D eigenvalue weighted by molar-refractivity contribution is 6.51. The lowest BCUT2D eigenvalue weighted by atomic mass is 10.1. The van der Waals surface area contributed by atoms with Crippen LogP contribution in [0, 0.1) is 17.2 Å². The van der Waals surface area contributed by atoms with Crippen LogP contribution >= 0.6 is 23.2 Å². The standard InChI is InChI=1S/C19H19Cl2FO2/c1-18(2)17(19(18,20)21)12-23-11-13-8-9-15(22)16(10-13)24-14-6-4-3-5-7-14/h3-10,17H,11-12H2,1-2H3. The van der Waals surface area contributed by atoms with E-state index in [2.05, 4.69) is 0 Å². The van der Waals surface area contributed by atoms with Crippen molar-refractivity contribution in [1.29, 1.82) is 0 Å². The van der Waals surface area contributed by atoms with Crippen LogP contribution in [0.25, 0.3) is 0 Å². The molecule has 0 amide bonds. The molecule has 2 aromatic carbocycles. The molecule has 1 unspecified atom stereocenters. The molecular formula is C19H19Cl2FO2. The third-order valence-corrected chi connectivity index (χ3v) is 6.11. The topological polar surface area (TPSA) is 18.5 Å². The fourth-order valence-electron chi connectivity index (χ4n) is 2.70. The zero-order valence-corrected chi connectivity index (χ0v) is 15.1. The van der Waals surface area contributed by atoms with E-state index in [-0.39, 0.29) is 17.1 Å². The van der Waals surface area contributed by atoms with Gasteiger partial charge in [-0.3, -0.25) is 0 Å². The van der Waals surface area contributed by atoms with Crippen LogP contribution in [-0.2, 0) is 11.3 Å². The minimum absolute atomic E-state index is 0.0915. The van der Waals surface area contributed by atoms with E-state index >= 15 is 0 Å². The van der Waals surface area contributed by atoms with Crippen LogP contribution in [0.15, 0.2) is 48.5 Å². The number of para-hydroxylation sites is 1. The van der Waals surface area contributed by atoms with E-state index in [1.807, 2.05) is 32.0 Å². The van der Waals surface area contributed by atoms with Gasteiger partial charge in [-0.1, -0.05) is 38.1 Å². The Balaban J connectivity index is 1.60. The van der Waals surface area contributed by atoms with Gasteiger partial charge in [0.05, 0.1) is 13.2 Å². The number of rotatable bonds is 6. The predicted molar refractivity (Wildman–Crippen MR) is 94.3 cm³/mol. The van der Waals surface area contributed by atoms with Gasteiger partial charge in [-0.25, -0.2) is 4.39 Å². The number of ether oxygens (including phenoxy) is 2. The van der Waals surface area contributed by atoms with Crippen molar-refractivity contribution >= 4 is 23.2 Å². The van der Waals surface area contributed by atoms with Gasteiger partial charge >= 0.3 is 0 Å². The normalized spacial score (nSPS) is 20.6. The molecule has 1 aliphatic carbocycles. The molecule has 2 nitrogen and oxygen atoms in total. The SMILES string of the molecule is CC1(C)C(COCc2ccc(F)c(Oc3ccccc3)c2)C1(Cl)Cl. The first-order valence-corrected chi connectivity index (χ1v) is 8.55. The summed E-state index contributed by atoms with van der Waals surface area (Å²) in [6.45, 7) is 4.85. The Morgan fingerprint density at radius 3 is 2.38 bits per heavy atom. The van der Waals surface area contributed by atoms with Crippen LogP contribution < -0.4 is 4.74 Å². The molecule has 0 N–H and O–H groups in total. The van der Waals surface area contributed by atoms with Gasteiger partial charge in [0.1, 0.15) is 10.1 Å². The van der Waals surface area contributed by atoms with Crippen molar-refractivity contribution in [3.63, 3.8) is 0 Å². The summed E-state index contributed by atoms with van der Waals surface area (Å²) in [5.41, 5.74) is 0.677. The lowest BCUT2D eigenvalue weighted by molar-refractivity contribution is 0.103. The Morgan fingerprint density at radius 2 is 1.75 bits per heavy atom. The summed E-state index contributed by atoms with van der Waals surface area (Å²) in [5, 5.41) is 0. The van der Waals surface area contributed by atoms with Crippen molar-refractivity contribution in [3.05, 3.63) is 59.9 Å². The Hall–Kier alpha value is -1.29. The molecule has 0 aliphatic heterocycles. The highest BCUT2D eigenvalue weighted by Gasteiger charge is 2.69. The summed E-state index contributed by atoms with van der Waals surface area (Å²) < 4.78 is 24.5. The van der Waals surface area contributed by atoms with Crippen LogP contribution in [0.1, 0.15) is 19.4 Å². The van der Waals surface area contributed by atoms with E-state index in [1.165, 1.54) is 6.07 Å². The molecule has 0 aromatic heterocycles. The summed E-state index contributed by atoms with van der Waals surface area (Å²) in [4.78, 5) is 0. The largest absolute Gasteiger partial charge is 0.454 e. The maximum Gasteiger partial charge on any atom is 0.165 e. The molecule has 0 saturated heterocycles. The number of hydrogen-bond acceptors (Lipinski definition) is 2. The molecule has 1 fully saturated rings. The van der Waals surface area contributed by atoms with E-state index in [9.17, 15) is 4.39 Å². The van der Waals surface area contributed by atoms with Gasteiger partial charge in [-0.2, -0.15) is 0 Å². The lowest BCUT2D eigenvalue weighted by Gasteiger charge is -2.10. The Kier molecular flexibility index (Phi) is 4.78. The number of halogens is 3. The van der Waals surface area contributed by atoms with Crippen molar-refractivity contribution in [1.82, 2.24) is 0 Å². The van der Waals surface area contributed by atoms with E-state index in [0.29, 0.717) is 19.0 Å². The molecule has 0 spiro atoms. The zero-order valence-electron chi connectivity index (χ0n) is 13.6. The maximum atomic E-state index is 13.9. The molecule has 3 rings (SSSR count). The molecule has 1 atom stereocenters. The maximum absolute atomic E-state index is 13.9. The summed E-state index contributed by atoms with van der Waals surface area (Å²) in [7, 11) is 0. The van der Waals surface area contributed by atoms with Crippen molar-refractivity contribution in [2.75, 3.05) is 6.61 Å². The molecule has 1 saturated carbocycles.